The SMILES string of the molecule is COc1ccc2c(N)nc(OCCCCl)nc2c1. The third-order valence-corrected chi connectivity index (χ3v) is 2.69. The topological polar surface area (TPSA) is 70.3 Å². The highest BCUT2D eigenvalue weighted by atomic mass is 35.5. The van der Waals surface area contributed by atoms with Gasteiger partial charge >= 0.3 is 6.01 Å². The summed E-state index contributed by atoms with van der Waals surface area (Å²) in [5.74, 6) is 1.65. The summed E-state index contributed by atoms with van der Waals surface area (Å²) in [6, 6.07) is 5.70. The molecule has 1 aromatic heterocycles. The normalized spacial score (nSPS) is 10.6. The van der Waals surface area contributed by atoms with E-state index in [4.69, 9.17) is 26.8 Å². The van der Waals surface area contributed by atoms with E-state index in [0.29, 0.717) is 29.6 Å². The number of halogens is 1. The van der Waals surface area contributed by atoms with E-state index in [1.54, 1.807) is 13.2 Å². The van der Waals surface area contributed by atoms with Crippen LogP contribution in [0.2, 0.25) is 0 Å². The molecule has 0 aliphatic heterocycles. The van der Waals surface area contributed by atoms with E-state index in [-0.39, 0.29) is 6.01 Å². The number of anilines is 1. The quantitative estimate of drug-likeness (QED) is 0.664. The van der Waals surface area contributed by atoms with Crippen LogP contribution in [0.3, 0.4) is 0 Å². The van der Waals surface area contributed by atoms with E-state index in [2.05, 4.69) is 9.97 Å². The van der Waals surface area contributed by atoms with Crippen molar-refractivity contribution >= 4 is 28.3 Å². The zero-order valence-corrected chi connectivity index (χ0v) is 10.8. The molecule has 2 rings (SSSR count). The minimum Gasteiger partial charge on any atom is -0.497 e. The van der Waals surface area contributed by atoms with Gasteiger partial charge in [-0.2, -0.15) is 9.97 Å². The number of benzene rings is 1. The molecule has 0 aliphatic rings. The third kappa shape index (κ3) is 2.73. The molecular formula is C12H14ClN3O2. The van der Waals surface area contributed by atoms with Gasteiger partial charge in [-0.3, -0.25) is 0 Å². The van der Waals surface area contributed by atoms with Gasteiger partial charge < -0.3 is 15.2 Å². The number of rotatable bonds is 5. The number of ether oxygens (including phenoxy) is 2. The maximum atomic E-state index is 5.85. The molecule has 0 unspecified atom stereocenters. The first-order valence-electron chi connectivity index (χ1n) is 5.54. The lowest BCUT2D eigenvalue weighted by molar-refractivity contribution is 0.295. The summed E-state index contributed by atoms with van der Waals surface area (Å²) in [6.45, 7) is 0.471. The number of nitrogens with zero attached hydrogens (tertiary/aromatic N) is 2. The Bertz CT molecular complexity index is 548. The van der Waals surface area contributed by atoms with Gasteiger partial charge in [0.05, 0.1) is 19.2 Å². The van der Waals surface area contributed by atoms with Gasteiger partial charge in [0.15, 0.2) is 0 Å². The van der Waals surface area contributed by atoms with Gasteiger partial charge in [0.25, 0.3) is 0 Å². The number of hydrogen-bond acceptors (Lipinski definition) is 5. The Kier molecular flexibility index (Phi) is 4.04. The van der Waals surface area contributed by atoms with Crippen LogP contribution in [-0.4, -0.2) is 29.6 Å². The molecule has 0 amide bonds. The van der Waals surface area contributed by atoms with E-state index >= 15 is 0 Å². The minimum absolute atomic E-state index is 0.262. The van der Waals surface area contributed by atoms with Gasteiger partial charge in [-0.1, -0.05) is 0 Å². The maximum absolute atomic E-state index is 5.85. The van der Waals surface area contributed by atoms with Gasteiger partial charge in [0.2, 0.25) is 0 Å². The highest BCUT2D eigenvalue weighted by Crippen LogP contribution is 2.24. The predicted octanol–water partition coefficient (Wildman–Crippen LogP) is 2.23. The van der Waals surface area contributed by atoms with Crippen molar-refractivity contribution in [1.82, 2.24) is 9.97 Å². The standard InChI is InChI=1S/C12H14ClN3O2/c1-17-8-3-4-9-10(7-8)15-12(16-11(9)14)18-6-2-5-13/h3-4,7H,2,5-6H2,1H3,(H2,14,15,16). The number of methoxy groups -OCH3 is 1. The van der Waals surface area contributed by atoms with Gasteiger partial charge in [0.1, 0.15) is 11.6 Å². The van der Waals surface area contributed by atoms with Crippen LogP contribution >= 0.6 is 11.6 Å². The molecule has 0 saturated heterocycles. The van der Waals surface area contributed by atoms with Crippen LogP contribution in [0, 0.1) is 0 Å². The number of alkyl halides is 1. The lowest BCUT2D eigenvalue weighted by atomic mass is 10.2. The lowest BCUT2D eigenvalue weighted by Crippen LogP contribution is -2.04. The summed E-state index contributed by atoms with van der Waals surface area (Å²) in [7, 11) is 1.60. The molecular weight excluding hydrogens is 254 g/mol. The maximum Gasteiger partial charge on any atom is 0.318 e. The molecule has 18 heavy (non-hydrogen) atoms. The average Bonchev–Trinajstić information content (AvgIpc) is 2.38. The molecule has 2 N–H and O–H groups in total. The molecule has 0 radical (unpaired) electrons. The zero-order valence-electron chi connectivity index (χ0n) is 10.0. The van der Waals surface area contributed by atoms with Crippen molar-refractivity contribution in [2.75, 3.05) is 25.3 Å². The molecule has 0 atom stereocenters. The molecule has 96 valence electrons. The van der Waals surface area contributed by atoms with Gasteiger partial charge in [0, 0.05) is 17.3 Å². The van der Waals surface area contributed by atoms with Crippen LogP contribution < -0.4 is 15.2 Å². The van der Waals surface area contributed by atoms with Gasteiger partial charge in [-0.25, -0.2) is 0 Å². The monoisotopic (exact) mass is 267 g/mol. The van der Waals surface area contributed by atoms with Crippen LogP contribution in [-0.2, 0) is 0 Å². The minimum atomic E-state index is 0.262. The van der Waals surface area contributed by atoms with E-state index in [1.807, 2.05) is 12.1 Å². The molecule has 0 spiro atoms. The predicted molar refractivity (Wildman–Crippen MR) is 71.3 cm³/mol. The molecule has 2 aromatic rings. The third-order valence-electron chi connectivity index (χ3n) is 2.42. The molecule has 0 aliphatic carbocycles. The molecule has 0 fully saturated rings. The van der Waals surface area contributed by atoms with Crippen molar-refractivity contribution in [2.45, 2.75) is 6.42 Å². The summed E-state index contributed by atoms with van der Waals surface area (Å²) in [4.78, 5) is 8.37. The second-order valence-corrected chi connectivity index (χ2v) is 4.04. The van der Waals surface area contributed by atoms with Crippen molar-refractivity contribution in [3.05, 3.63) is 18.2 Å². The van der Waals surface area contributed by atoms with E-state index < -0.39 is 0 Å². The summed E-state index contributed by atoms with van der Waals surface area (Å²) in [6.07, 6.45) is 0.737. The van der Waals surface area contributed by atoms with Crippen molar-refractivity contribution in [3.8, 4) is 11.8 Å². The first-order valence-corrected chi connectivity index (χ1v) is 6.08. The Morgan fingerprint density at radius 3 is 2.89 bits per heavy atom. The molecule has 1 heterocycles. The molecule has 5 nitrogen and oxygen atoms in total. The number of fused-ring (bicyclic) bond motifs is 1. The summed E-state index contributed by atoms with van der Waals surface area (Å²) >= 11 is 5.57. The van der Waals surface area contributed by atoms with Crippen molar-refractivity contribution in [1.29, 1.82) is 0 Å². The fourth-order valence-corrected chi connectivity index (χ4v) is 1.63. The number of nitrogen functional groups attached to an aromatic ring is 1. The molecule has 0 saturated carbocycles. The van der Waals surface area contributed by atoms with Crippen LogP contribution in [0.5, 0.6) is 11.8 Å². The summed E-state index contributed by atoms with van der Waals surface area (Å²) in [5, 5.41) is 0.778. The van der Waals surface area contributed by atoms with Crippen LogP contribution in [0.25, 0.3) is 10.9 Å². The molecule has 0 bridgehead atoms. The summed E-state index contributed by atoms with van der Waals surface area (Å²) in [5.41, 5.74) is 6.55. The Morgan fingerprint density at radius 2 is 2.17 bits per heavy atom. The Labute approximate surface area is 110 Å². The van der Waals surface area contributed by atoms with Crippen LogP contribution in [0.4, 0.5) is 5.82 Å². The van der Waals surface area contributed by atoms with Crippen molar-refractivity contribution < 1.29 is 9.47 Å². The fraction of sp³-hybridized carbons (Fsp3) is 0.333. The Hall–Kier alpha value is -1.75. The van der Waals surface area contributed by atoms with Gasteiger partial charge in [-0.05, 0) is 18.6 Å². The molecule has 6 heteroatoms. The number of aromatic nitrogens is 2. The number of nitrogens with two attached hydrogens (primary N) is 1. The Morgan fingerprint density at radius 1 is 1.33 bits per heavy atom. The number of hydrogen-bond donors (Lipinski definition) is 1. The highest BCUT2D eigenvalue weighted by Gasteiger charge is 2.07. The smallest absolute Gasteiger partial charge is 0.318 e. The molecule has 1 aromatic carbocycles. The second kappa shape index (κ2) is 5.73. The van der Waals surface area contributed by atoms with E-state index in [9.17, 15) is 0 Å². The van der Waals surface area contributed by atoms with E-state index in [1.165, 1.54) is 0 Å². The first kappa shape index (κ1) is 12.7. The van der Waals surface area contributed by atoms with Crippen molar-refractivity contribution in [3.63, 3.8) is 0 Å². The van der Waals surface area contributed by atoms with Crippen LogP contribution in [0.15, 0.2) is 18.2 Å². The Balaban J connectivity index is 2.33. The lowest BCUT2D eigenvalue weighted by Gasteiger charge is -2.07. The van der Waals surface area contributed by atoms with Crippen LogP contribution in [0.1, 0.15) is 6.42 Å². The largest absolute Gasteiger partial charge is 0.497 e. The van der Waals surface area contributed by atoms with Gasteiger partial charge in [-0.15, -0.1) is 11.6 Å². The van der Waals surface area contributed by atoms with Crippen molar-refractivity contribution in [2.24, 2.45) is 0 Å². The first-order chi connectivity index (χ1) is 8.74. The summed E-state index contributed by atoms with van der Waals surface area (Å²) < 4.78 is 10.5. The highest BCUT2D eigenvalue weighted by molar-refractivity contribution is 6.17. The fourth-order valence-electron chi connectivity index (χ4n) is 1.52. The second-order valence-electron chi connectivity index (χ2n) is 3.67. The zero-order chi connectivity index (χ0) is 13.0. The van der Waals surface area contributed by atoms with E-state index in [0.717, 1.165) is 11.8 Å². The average molecular weight is 268 g/mol.